The fraction of sp³-hybridized carbons (Fsp3) is 0.235. The summed E-state index contributed by atoms with van der Waals surface area (Å²) < 4.78 is 16.6. The Bertz CT molecular complexity index is 1530. The molecule has 0 unspecified atom stereocenters. The number of anilines is 2. The zero-order valence-corrected chi connectivity index (χ0v) is 29.5. The summed E-state index contributed by atoms with van der Waals surface area (Å²) in [5.41, 5.74) is 6.02. The number of aryl methyl sites for hydroxylation is 2. The number of nitrogens with one attached hydrogen (secondary N) is 2. The van der Waals surface area contributed by atoms with Gasteiger partial charge in [0.15, 0.2) is 0 Å². The zero-order valence-electron chi connectivity index (χ0n) is 25.5. The lowest BCUT2D eigenvalue weighted by Gasteiger charge is -2.11. The summed E-state index contributed by atoms with van der Waals surface area (Å²) in [5, 5.41) is 9.60. The number of allylic oxidation sites excluding steroid dienone is 2. The molecule has 0 spiro atoms. The SMILES string of the molecule is CC(C)=CCOc1cc(NC(=S)c2ccoc2C)ccc1Cl.CC(C)=CCOc1cc(NC(=S)c2ccsc2C)ccc1Cl. The Morgan fingerprint density at radius 3 is 1.68 bits per heavy atom. The molecular formula is C34H36Cl2N2O3S3. The van der Waals surface area contributed by atoms with E-state index in [0.717, 1.165) is 28.3 Å². The molecule has 2 aromatic heterocycles. The van der Waals surface area contributed by atoms with E-state index in [1.165, 1.54) is 16.0 Å². The first-order chi connectivity index (χ1) is 20.9. The van der Waals surface area contributed by atoms with Crippen LogP contribution in [0.4, 0.5) is 11.4 Å². The predicted octanol–water partition coefficient (Wildman–Crippen LogP) is 11.2. The van der Waals surface area contributed by atoms with Gasteiger partial charge in [-0.15, -0.1) is 11.3 Å². The molecule has 0 aliphatic heterocycles. The highest BCUT2D eigenvalue weighted by Crippen LogP contribution is 2.30. The van der Waals surface area contributed by atoms with Crippen LogP contribution in [-0.2, 0) is 0 Å². The van der Waals surface area contributed by atoms with E-state index in [0.29, 0.717) is 44.7 Å². The summed E-state index contributed by atoms with van der Waals surface area (Å²) in [5.74, 6) is 2.05. The van der Waals surface area contributed by atoms with Gasteiger partial charge >= 0.3 is 0 Å². The largest absolute Gasteiger partial charge is 0.488 e. The summed E-state index contributed by atoms with van der Waals surface area (Å²) in [4.78, 5) is 2.51. The van der Waals surface area contributed by atoms with Gasteiger partial charge in [0.25, 0.3) is 0 Å². The molecular weight excluding hydrogens is 651 g/mol. The smallest absolute Gasteiger partial charge is 0.140 e. The molecule has 0 radical (unpaired) electrons. The molecule has 0 atom stereocenters. The third-order valence-electron chi connectivity index (χ3n) is 6.05. The van der Waals surface area contributed by atoms with Crippen molar-refractivity contribution in [2.75, 3.05) is 23.8 Å². The molecule has 0 aliphatic rings. The molecule has 0 amide bonds. The van der Waals surface area contributed by atoms with Crippen molar-refractivity contribution in [3.05, 3.63) is 115 Å². The van der Waals surface area contributed by atoms with Crippen molar-refractivity contribution >= 4 is 80.3 Å². The summed E-state index contributed by atoms with van der Waals surface area (Å²) >= 11 is 24.8. The van der Waals surface area contributed by atoms with Crippen LogP contribution in [0.1, 0.15) is 49.5 Å². The molecule has 0 fully saturated rings. The Hall–Kier alpha value is -3.14. The number of benzene rings is 2. The third kappa shape index (κ3) is 11.1. The molecule has 2 N–H and O–H groups in total. The lowest BCUT2D eigenvalue weighted by atomic mass is 10.2. The maximum Gasteiger partial charge on any atom is 0.140 e. The minimum absolute atomic E-state index is 0.483. The number of ether oxygens (including phenoxy) is 2. The maximum absolute atomic E-state index is 6.17. The average molecular weight is 688 g/mol. The Morgan fingerprint density at radius 1 is 0.773 bits per heavy atom. The van der Waals surface area contributed by atoms with E-state index in [1.54, 1.807) is 23.7 Å². The van der Waals surface area contributed by atoms with Gasteiger partial charge in [-0.3, -0.25) is 0 Å². The first kappa shape index (κ1) is 35.3. The van der Waals surface area contributed by atoms with Crippen LogP contribution >= 0.6 is 59.0 Å². The summed E-state index contributed by atoms with van der Waals surface area (Å²) in [6, 6.07) is 14.9. The zero-order chi connectivity index (χ0) is 32.2. The molecule has 0 saturated carbocycles. The van der Waals surface area contributed by atoms with Gasteiger partial charge in [0.05, 0.1) is 21.9 Å². The Balaban J connectivity index is 0.000000240. The van der Waals surface area contributed by atoms with Crippen molar-refractivity contribution in [3.8, 4) is 11.5 Å². The van der Waals surface area contributed by atoms with Crippen LogP contribution in [0.5, 0.6) is 11.5 Å². The molecule has 0 bridgehead atoms. The lowest BCUT2D eigenvalue weighted by molar-refractivity contribution is 0.362. The molecule has 232 valence electrons. The van der Waals surface area contributed by atoms with E-state index >= 15 is 0 Å². The summed E-state index contributed by atoms with van der Waals surface area (Å²) in [7, 11) is 0. The fourth-order valence-corrected chi connectivity index (χ4v) is 5.40. The number of thiophene rings is 1. The first-order valence-electron chi connectivity index (χ1n) is 13.8. The van der Waals surface area contributed by atoms with Gasteiger partial charge in [-0.2, -0.15) is 0 Å². The van der Waals surface area contributed by atoms with E-state index in [1.807, 2.05) is 94.6 Å². The number of furan rings is 1. The van der Waals surface area contributed by atoms with Crippen LogP contribution < -0.4 is 20.1 Å². The average Bonchev–Trinajstić information content (AvgIpc) is 3.60. The van der Waals surface area contributed by atoms with Crippen LogP contribution in [0.15, 0.2) is 87.9 Å². The van der Waals surface area contributed by atoms with Gasteiger partial charge in [-0.1, -0.05) is 58.8 Å². The molecule has 5 nitrogen and oxygen atoms in total. The third-order valence-corrected chi connectivity index (χ3v) is 8.16. The van der Waals surface area contributed by atoms with Gasteiger partial charge in [0, 0.05) is 33.9 Å². The number of hydrogen-bond acceptors (Lipinski definition) is 6. The Kier molecular flexibility index (Phi) is 14.0. The van der Waals surface area contributed by atoms with Gasteiger partial charge in [-0.05, 0) is 95.5 Å². The van der Waals surface area contributed by atoms with Gasteiger partial charge in [0.1, 0.15) is 40.5 Å². The number of halogens is 2. The molecule has 0 saturated heterocycles. The van der Waals surface area contributed by atoms with E-state index < -0.39 is 0 Å². The van der Waals surface area contributed by atoms with Crippen molar-refractivity contribution in [3.63, 3.8) is 0 Å². The molecule has 4 rings (SSSR count). The molecule has 0 aliphatic carbocycles. The van der Waals surface area contributed by atoms with Gasteiger partial charge in [0.2, 0.25) is 0 Å². The van der Waals surface area contributed by atoms with E-state index in [4.69, 9.17) is 61.5 Å². The molecule has 2 heterocycles. The number of hydrogen-bond donors (Lipinski definition) is 2. The van der Waals surface area contributed by atoms with Crippen LogP contribution in [0, 0.1) is 13.8 Å². The van der Waals surface area contributed by atoms with Crippen LogP contribution in [-0.4, -0.2) is 23.2 Å². The minimum Gasteiger partial charge on any atom is -0.488 e. The minimum atomic E-state index is 0.483. The monoisotopic (exact) mass is 686 g/mol. The second kappa shape index (κ2) is 17.4. The lowest BCUT2D eigenvalue weighted by Crippen LogP contribution is -2.10. The van der Waals surface area contributed by atoms with Crippen LogP contribution in [0.2, 0.25) is 10.0 Å². The molecule has 10 heteroatoms. The Morgan fingerprint density at radius 2 is 1.27 bits per heavy atom. The van der Waals surface area contributed by atoms with Crippen LogP contribution in [0.25, 0.3) is 0 Å². The number of thiocarbonyl (C=S) groups is 2. The van der Waals surface area contributed by atoms with Crippen molar-refractivity contribution in [2.45, 2.75) is 41.5 Å². The molecule has 2 aromatic carbocycles. The summed E-state index contributed by atoms with van der Waals surface area (Å²) in [6.07, 6.45) is 5.63. The molecule has 4 aromatic rings. The van der Waals surface area contributed by atoms with E-state index in [2.05, 4.69) is 17.6 Å². The van der Waals surface area contributed by atoms with E-state index in [-0.39, 0.29) is 0 Å². The van der Waals surface area contributed by atoms with Crippen LogP contribution in [0.3, 0.4) is 0 Å². The van der Waals surface area contributed by atoms with Gasteiger partial charge < -0.3 is 24.5 Å². The highest BCUT2D eigenvalue weighted by atomic mass is 35.5. The second-order valence-corrected chi connectivity index (χ2v) is 12.9. The standard InChI is InChI=1S/C17H18ClNO2S.C17H18ClNOS2/c1-11(2)6-8-21-16-10-13(4-5-15(16)18)19-17(22)14-7-9-20-12(14)3;1-11(2)6-8-20-16-10-13(4-5-15(16)18)19-17(21)14-7-9-22-12(14)3/h4-7,9-10H,8H2,1-3H3,(H,19,22);4-7,9-10H,8H2,1-3H3,(H,19,21). The highest BCUT2D eigenvalue weighted by Gasteiger charge is 2.10. The van der Waals surface area contributed by atoms with E-state index in [9.17, 15) is 0 Å². The van der Waals surface area contributed by atoms with Crippen molar-refractivity contribution in [1.82, 2.24) is 0 Å². The summed E-state index contributed by atoms with van der Waals surface area (Å²) in [6.45, 7) is 13.0. The Labute approximate surface area is 284 Å². The van der Waals surface area contributed by atoms with Crippen molar-refractivity contribution in [1.29, 1.82) is 0 Å². The molecule has 44 heavy (non-hydrogen) atoms. The van der Waals surface area contributed by atoms with Crippen molar-refractivity contribution < 1.29 is 13.9 Å². The number of rotatable bonds is 10. The fourth-order valence-electron chi connectivity index (χ4n) is 3.62. The topological polar surface area (TPSA) is 55.7 Å². The first-order valence-corrected chi connectivity index (χ1v) is 16.2. The highest BCUT2D eigenvalue weighted by molar-refractivity contribution is 7.81. The second-order valence-electron chi connectivity index (χ2n) is 10.2. The van der Waals surface area contributed by atoms with Gasteiger partial charge in [-0.25, -0.2) is 0 Å². The maximum atomic E-state index is 6.17. The quantitative estimate of drug-likeness (QED) is 0.127. The predicted molar refractivity (Wildman–Crippen MR) is 196 cm³/mol. The normalized spacial score (nSPS) is 10.2. The van der Waals surface area contributed by atoms with Crippen molar-refractivity contribution in [2.24, 2.45) is 0 Å².